The van der Waals surface area contributed by atoms with Gasteiger partial charge in [-0.15, -0.1) is 0 Å². The smallest absolute Gasteiger partial charge is 0.331 e. The summed E-state index contributed by atoms with van der Waals surface area (Å²) >= 11 is 0. The Morgan fingerprint density at radius 2 is 1.83 bits per heavy atom. The molecule has 128 valence electrons. The summed E-state index contributed by atoms with van der Waals surface area (Å²) < 4.78 is 17.7. The van der Waals surface area contributed by atoms with Gasteiger partial charge in [0.15, 0.2) is 6.61 Å². The van der Waals surface area contributed by atoms with Crippen LogP contribution >= 0.6 is 0 Å². The molecule has 1 aliphatic heterocycles. The number of benzene rings is 1. The lowest BCUT2D eigenvalue weighted by Gasteiger charge is -2.30. The zero-order valence-corrected chi connectivity index (χ0v) is 13.1. The molecule has 6 nitrogen and oxygen atoms in total. The number of nitrogens with two attached hydrogens (primary N) is 1. The summed E-state index contributed by atoms with van der Waals surface area (Å²) in [4.78, 5) is 36.2. The molecule has 1 heterocycles. The maximum Gasteiger partial charge on any atom is 0.331 e. The zero-order chi connectivity index (χ0) is 17.5. The average Bonchev–Trinajstić information content (AvgIpc) is 2.59. The standard InChI is InChI=1S/C17H19FN2O4/c18-14-4-1-12(2-5-14)3-6-16(22)24-11-15(21)20-9-7-13(8-10-20)17(19)23/h1-6,13H,7-11H2,(H2,19,23)/b6-3+. The molecule has 0 atom stereocenters. The minimum absolute atomic E-state index is 0.199. The molecule has 0 unspecified atom stereocenters. The van der Waals surface area contributed by atoms with Crippen LogP contribution in [0.2, 0.25) is 0 Å². The van der Waals surface area contributed by atoms with Gasteiger partial charge in [0.05, 0.1) is 0 Å². The first kappa shape index (κ1) is 17.7. The van der Waals surface area contributed by atoms with Gasteiger partial charge in [0.1, 0.15) is 5.82 Å². The van der Waals surface area contributed by atoms with Gasteiger partial charge in [-0.2, -0.15) is 0 Å². The Kier molecular flexibility index (Phi) is 6.06. The molecule has 0 aliphatic carbocycles. The number of likely N-dealkylation sites (tertiary alicyclic amines) is 1. The molecular formula is C17H19FN2O4. The van der Waals surface area contributed by atoms with Crippen LogP contribution in [0.1, 0.15) is 18.4 Å². The summed E-state index contributed by atoms with van der Waals surface area (Å²) in [5, 5.41) is 0. The van der Waals surface area contributed by atoms with E-state index in [1.54, 1.807) is 4.90 Å². The molecule has 1 fully saturated rings. The molecule has 0 spiro atoms. The third-order valence-corrected chi connectivity index (χ3v) is 3.87. The minimum atomic E-state index is -0.653. The highest BCUT2D eigenvalue weighted by molar-refractivity contribution is 5.89. The largest absolute Gasteiger partial charge is 0.452 e. The van der Waals surface area contributed by atoms with E-state index in [1.807, 2.05) is 0 Å². The van der Waals surface area contributed by atoms with Crippen LogP contribution in [-0.2, 0) is 19.1 Å². The summed E-state index contributed by atoms with van der Waals surface area (Å²) in [6, 6.07) is 5.61. The molecule has 0 saturated carbocycles. The van der Waals surface area contributed by atoms with E-state index in [-0.39, 0.29) is 30.2 Å². The van der Waals surface area contributed by atoms with Gasteiger partial charge in [0.25, 0.3) is 5.91 Å². The molecule has 2 amide bonds. The highest BCUT2D eigenvalue weighted by Gasteiger charge is 2.26. The van der Waals surface area contributed by atoms with E-state index in [2.05, 4.69) is 0 Å². The monoisotopic (exact) mass is 334 g/mol. The zero-order valence-electron chi connectivity index (χ0n) is 13.1. The lowest BCUT2D eigenvalue weighted by Crippen LogP contribution is -2.43. The molecule has 7 heteroatoms. The van der Waals surface area contributed by atoms with E-state index in [0.717, 1.165) is 0 Å². The number of hydrogen-bond acceptors (Lipinski definition) is 4. The van der Waals surface area contributed by atoms with E-state index in [0.29, 0.717) is 31.5 Å². The summed E-state index contributed by atoms with van der Waals surface area (Å²) in [5.41, 5.74) is 5.88. The van der Waals surface area contributed by atoms with Crippen LogP contribution in [0.4, 0.5) is 4.39 Å². The Balaban J connectivity index is 1.74. The van der Waals surface area contributed by atoms with Crippen LogP contribution < -0.4 is 5.73 Å². The van der Waals surface area contributed by atoms with Crippen molar-refractivity contribution in [3.8, 4) is 0 Å². The first-order valence-corrected chi connectivity index (χ1v) is 7.63. The number of nitrogens with zero attached hydrogens (tertiary/aromatic N) is 1. The van der Waals surface area contributed by atoms with Crippen LogP contribution in [0.3, 0.4) is 0 Å². The highest BCUT2D eigenvalue weighted by Crippen LogP contribution is 2.16. The SMILES string of the molecule is NC(=O)C1CCN(C(=O)COC(=O)/C=C/c2ccc(F)cc2)CC1. The number of amides is 2. The van der Waals surface area contributed by atoms with Gasteiger partial charge in [0.2, 0.25) is 5.91 Å². The second-order valence-corrected chi connectivity index (χ2v) is 5.55. The van der Waals surface area contributed by atoms with Gasteiger partial charge in [-0.3, -0.25) is 9.59 Å². The fraction of sp³-hybridized carbons (Fsp3) is 0.353. The van der Waals surface area contributed by atoms with Gasteiger partial charge < -0.3 is 15.4 Å². The fourth-order valence-corrected chi connectivity index (χ4v) is 2.42. The predicted molar refractivity (Wildman–Crippen MR) is 84.9 cm³/mol. The number of primary amides is 1. The lowest BCUT2D eigenvalue weighted by atomic mass is 9.96. The maximum atomic E-state index is 12.8. The molecular weight excluding hydrogens is 315 g/mol. The predicted octanol–water partition coefficient (Wildman–Crippen LogP) is 1.11. The number of carbonyl (C=O) groups is 3. The molecule has 1 aliphatic rings. The van der Waals surface area contributed by atoms with Crippen molar-refractivity contribution >= 4 is 23.9 Å². The fourth-order valence-electron chi connectivity index (χ4n) is 2.42. The average molecular weight is 334 g/mol. The van der Waals surface area contributed by atoms with E-state index in [4.69, 9.17) is 10.5 Å². The van der Waals surface area contributed by atoms with Crippen LogP contribution in [0, 0.1) is 11.7 Å². The molecule has 1 saturated heterocycles. The normalized spacial score (nSPS) is 15.5. The second-order valence-electron chi connectivity index (χ2n) is 5.55. The molecule has 24 heavy (non-hydrogen) atoms. The van der Waals surface area contributed by atoms with E-state index in [9.17, 15) is 18.8 Å². The Morgan fingerprint density at radius 3 is 2.42 bits per heavy atom. The molecule has 2 rings (SSSR count). The highest BCUT2D eigenvalue weighted by atomic mass is 19.1. The molecule has 0 radical (unpaired) electrons. The van der Waals surface area contributed by atoms with Crippen molar-refractivity contribution in [2.75, 3.05) is 19.7 Å². The van der Waals surface area contributed by atoms with Gasteiger partial charge >= 0.3 is 5.97 Å². The van der Waals surface area contributed by atoms with Gasteiger partial charge in [-0.1, -0.05) is 12.1 Å². The van der Waals surface area contributed by atoms with Crippen LogP contribution in [0.15, 0.2) is 30.3 Å². The third-order valence-electron chi connectivity index (χ3n) is 3.87. The van der Waals surface area contributed by atoms with E-state index >= 15 is 0 Å². The third kappa shape index (κ3) is 5.19. The summed E-state index contributed by atoms with van der Waals surface area (Å²) in [5.74, 6) is -1.86. The number of piperidine rings is 1. The second kappa shape index (κ2) is 8.24. The number of halogens is 1. The van der Waals surface area contributed by atoms with Crippen molar-refractivity contribution in [3.63, 3.8) is 0 Å². The van der Waals surface area contributed by atoms with Crippen molar-refractivity contribution in [3.05, 3.63) is 41.7 Å². The maximum absolute atomic E-state index is 12.8. The summed E-state index contributed by atoms with van der Waals surface area (Å²) in [6.45, 7) is 0.499. The van der Waals surface area contributed by atoms with Crippen molar-refractivity contribution < 1.29 is 23.5 Å². The lowest BCUT2D eigenvalue weighted by molar-refractivity contribution is -0.149. The Labute approximate surface area is 139 Å². The Bertz CT molecular complexity index is 634. The van der Waals surface area contributed by atoms with Crippen molar-refractivity contribution in [2.24, 2.45) is 11.7 Å². The number of rotatable bonds is 5. The van der Waals surface area contributed by atoms with Crippen LogP contribution in [0.25, 0.3) is 6.08 Å². The molecule has 2 N–H and O–H groups in total. The van der Waals surface area contributed by atoms with Gasteiger partial charge in [-0.25, -0.2) is 9.18 Å². The van der Waals surface area contributed by atoms with Crippen molar-refractivity contribution in [2.45, 2.75) is 12.8 Å². The molecule has 1 aromatic rings. The first-order chi connectivity index (χ1) is 11.5. The Hall–Kier alpha value is -2.70. The van der Waals surface area contributed by atoms with Crippen molar-refractivity contribution in [1.29, 1.82) is 0 Å². The quantitative estimate of drug-likeness (QED) is 0.645. The van der Waals surface area contributed by atoms with Crippen LogP contribution in [-0.4, -0.2) is 42.4 Å². The van der Waals surface area contributed by atoms with Crippen molar-refractivity contribution in [1.82, 2.24) is 4.90 Å². The van der Waals surface area contributed by atoms with Gasteiger partial charge in [-0.05, 0) is 36.6 Å². The number of carbonyl (C=O) groups excluding carboxylic acids is 3. The van der Waals surface area contributed by atoms with Crippen LogP contribution in [0.5, 0.6) is 0 Å². The minimum Gasteiger partial charge on any atom is -0.452 e. The molecule has 0 bridgehead atoms. The van der Waals surface area contributed by atoms with Gasteiger partial charge in [0, 0.05) is 25.1 Å². The van der Waals surface area contributed by atoms with E-state index < -0.39 is 5.97 Å². The molecule has 0 aromatic heterocycles. The Morgan fingerprint density at radius 1 is 1.21 bits per heavy atom. The van der Waals surface area contributed by atoms with E-state index in [1.165, 1.54) is 36.4 Å². The topological polar surface area (TPSA) is 89.7 Å². The number of ether oxygens (including phenoxy) is 1. The summed E-state index contributed by atoms with van der Waals surface area (Å²) in [7, 11) is 0. The summed E-state index contributed by atoms with van der Waals surface area (Å²) in [6.07, 6.45) is 3.71. The number of esters is 1. The number of hydrogen-bond donors (Lipinski definition) is 1. The first-order valence-electron chi connectivity index (χ1n) is 7.63. The molecule has 1 aromatic carbocycles.